The molecule has 0 aromatic heterocycles. The van der Waals surface area contributed by atoms with Crippen molar-refractivity contribution in [2.75, 3.05) is 18.0 Å². The maximum Gasteiger partial charge on any atom is 0.573 e. The Morgan fingerprint density at radius 1 is 1.21 bits per heavy atom. The topological polar surface area (TPSA) is 75.7 Å². The molecule has 0 saturated carbocycles. The van der Waals surface area contributed by atoms with Gasteiger partial charge in [-0.15, -0.1) is 13.2 Å². The molecule has 6 nitrogen and oxygen atoms in total. The first kappa shape index (κ1) is 21.8. The molecule has 2 aromatic carbocycles. The smallest absolute Gasteiger partial charge is 0.405 e. The predicted molar refractivity (Wildman–Crippen MR) is 98.8 cm³/mol. The van der Waals surface area contributed by atoms with Crippen LogP contribution in [-0.4, -0.2) is 38.9 Å². The highest BCUT2D eigenvalue weighted by atomic mass is 35.5. The SMILES string of the molecule is CN(Cc1ccccc1OC(F)(F)F)C(=O)c1ccc(Cl)c(NS(C)(=O)=O)c1. The molecule has 0 unspecified atom stereocenters. The zero-order chi connectivity index (χ0) is 21.1. The van der Waals surface area contributed by atoms with E-state index in [0.717, 1.165) is 12.3 Å². The van der Waals surface area contributed by atoms with E-state index in [4.69, 9.17) is 11.6 Å². The van der Waals surface area contributed by atoms with Crippen LogP contribution in [0.1, 0.15) is 15.9 Å². The maximum atomic E-state index is 12.6. The van der Waals surface area contributed by atoms with E-state index in [2.05, 4.69) is 9.46 Å². The number of halogens is 4. The standard InChI is InChI=1S/C17H16ClF3N2O4S/c1-23(10-12-5-3-4-6-15(12)27-17(19,20)21)16(24)11-7-8-13(18)14(9-11)22-28(2,25)26/h3-9,22H,10H2,1-2H3. The number of ether oxygens (including phenoxy) is 1. The molecule has 0 aliphatic heterocycles. The number of nitrogens with zero attached hydrogens (tertiary/aromatic N) is 1. The second-order valence-corrected chi connectivity index (χ2v) is 8.04. The number of hydrogen-bond acceptors (Lipinski definition) is 4. The van der Waals surface area contributed by atoms with E-state index in [9.17, 15) is 26.4 Å². The molecule has 1 N–H and O–H groups in total. The number of sulfonamides is 1. The molecule has 2 rings (SSSR count). The van der Waals surface area contributed by atoms with Gasteiger partial charge in [-0.2, -0.15) is 0 Å². The zero-order valence-electron chi connectivity index (χ0n) is 14.7. The fraction of sp³-hybridized carbons (Fsp3) is 0.235. The van der Waals surface area contributed by atoms with Gasteiger partial charge in [0.25, 0.3) is 5.91 Å². The highest BCUT2D eigenvalue weighted by Gasteiger charge is 2.32. The summed E-state index contributed by atoms with van der Waals surface area (Å²) in [6.45, 7) is -0.164. The molecule has 0 bridgehead atoms. The van der Waals surface area contributed by atoms with Crippen LogP contribution < -0.4 is 9.46 Å². The van der Waals surface area contributed by atoms with E-state index in [-0.39, 0.29) is 28.4 Å². The second-order valence-electron chi connectivity index (χ2n) is 5.89. The average molecular weight is 437 g/mol. The van der Waals surface area contributed by atoms with Crippen LogP contribution >= 0.6 is 11.6 Å². The van der Waals surface area contributed by atoms with Crippen molar-refractivity contribution in [3.63, 3.8) is 0 Å². The summed E-state index contributed by atoms with van der Waals surface area (Å²) >= 11 is 5.92. The molecule has 0 atom stereocenters. The van der Waals surface area contributed by atoms with Gasteiger partial charge in [-0.05, 0) is 24.3 Å². The fourth-order valence-electron chi connectivity index (χ4n) is 2.34. The number of nitrogens with one attached hydrogen (secondary N) is 1. The van der Waals surface area contributed by atoms with Crippen LogP contribution in [-0.2, 0) is 16.6 Å². The Morgan fingerprint density at radius 2 is 1.86 bits per heavy atom. The van der Waals surface area contributed by atoms with Gasteiger partial charge in [0.15, 0.2) is 0 Å². The lowest BCUT2D eigenvalue weighted by Crippen LogP contribution is -2.27. The molecule has 11 heteroatoms. The molecule has 0 saturated heterocycles. The number of benzene rings is 2. The first-order valence-electron chi connectivity index (χ1n) is 7.72. The number of hydrogen-bond donors (Lipinski definition) is 1. The molecule has 0 aliphatic rings. The molecule has 0 fully saturated rings. The Labute approximate surface area is 164 Å². The summed E-state index contributed by atoms with van der Waals surface area (Å²) < 4.78 is 66.5. The molecule has 1 amide bonds. The van der Waals surface area contributed by atoms with Crippen LogP contribution in [0.5, 0.6) is 5.75 Å². The van der Waals surface area contributed by atoms with Crippen molar-refractivity contribution in [2.45, 2.75) is 12.9 Å². The van der Waals surface area contributed by atoms with E-state index in [1.54, 1.807) is 0 Å². The summed E-state index contributed by atoms with van der Waals surface area (Å²) in [5, 5.41) is 0.0913. The van der Waals surface area contributed by atoms with Crippen LogP contribution in [0, 0.1) is 0 Å². The minimum Gasteiger partial charge on any atom is -0.405 e. The Hall–Kier alpha value is -2.46. The number of amides is 1. The minimum atomic E-state index is -4.86. The summed E-state index contributed by atoms with van der Waals surface area (Å²) in [6, 6.07) is 9.44. The van der Waals surface area contributed by atoms with Crippen molar-refractivity contribution in [2.24, 2.45) is 0 Å². The summed E-state index contributed by atoms with van der Waals surface area (Å²) in [5.41, 5.74) is 0.274. The highest BCUT2D eigenvalue weighted by Crippen LogP contribution is 2.28. The molecular formula is C17H16ClF3N2O4S. The second kappa shape index (κ2) is 8.27. The number of alkyl halides is 3. The van der Waals surface area contributed by atoms with E-state index in [1.165, 1.54) is 48.3 Å². The third-order valence-corrected chi connectivity index (χ3v) is 4.38. The Morgan fingerprint density at radius 3 is 2.46 bits per heavy atom. The van der Waals surface area contributed by atoms with Gasteiger partial charge in [0, 0.05) is 24.7 Å². The minimum absolute atomic E-state index is 0.0178. The van der Waals surface area contributed by atoms with Crippen molar-refractivity contribution in [1.29, 1.82) is 0 Å². The van der Waals surface area contributed by atoms with E-state index in [1.807, 2.05) is 0 Å². The number of para-hydroxylation sites is 1. The number of carbonyl (C=O) groups is 1. The summed E-state index contributed by atoms with van der Waals surface area (Å²) in [5.74, 6) is -0.958. The van der Waals surface area contributed by atoms with Crippen molar-refractivity contribution >= 4 is 33.2 Å². The first-order chi connectivity index (χ1) is 12.9. The lowest BCUT2D eigenvalue weighted by Gasteiger charge is -2.20. The molecule has 152 valence electrons. The van der Waals surface area contributed by atoms with Gasteiger partial charge in [0.2, 0.25) is 10.0 Å². The molecule has 0 aliphatic carbocycles. The van der Waals surface area contributed by atoms with Crippen molar-refractivity contribution in [3.8, 4) is 5.75 Å². The fourth-order valence-corrected chi connectivity index (χ4v) is 3.13. The van der Waals surface area contributed by atoms with Gasteiger partial charge in [-0.3, -0.25) is 9.52 Å². The van der Waals surface area contributed by atoms with E-state index >= 15 is 0 Å². The van der Waals surface area contributed by atoms with E-state index < -0.39 is 28.0 Å². The monoisotopic (exact) mass is 436 g/mol. The quantitative estimate of drug-likeness (QED) is 0.745. The number of carbonyl (C=O) groups excluding carboxylic acids is 1. The predicted octanol–water partition coefficient (Wildman–Crippen LogP) is 3.88. The van der Waals surface area contributed by atoms with Crippen LogP contribution in [0.15, 0.2) is 42.5 Å². The van der Waals surface area contributed by atoms with Crippen LogP contribution in [0.4, 0.5) is 18.9 Å². The zero-order valence-corrected chi connectivity index (χ0v) is 16.3. The van der Waals surface area contributed by atoms with Crippen molar-refractivity contribution < 1.29 is 31.1 Å². The first-order valence-corrected chi connectivity index (χ1v) is 9.99. The van der Waals surface area contributed by atoms with Crippen LogP contribution in [0.25, 0.3) is 0 Å². The van der Waals surface area contributed by atoms with Gasteiger partial charge in [-0.1, -0.05) is 29.8 Å². The third kappa shape index (κ3) is 6.31. The summed E-state index contributed by atoms with van der Waals surface area (Å²) in [7, 11) is -2.22. The molecule has 2 aromatic rings. The number of rotatable bonds is 6. The van der Waals surface area contributed by atoms with Gasteiger partial charge in [0.05, 0.1) is 17.0 Å². The molecule has 0 spiro atoms. The van der Waals surface area contributed by atoms with Gasteiger partial charge in [-0.25, -0.2) is 8.42 Å². The largest absolute Gasteiger partial charge is 0.573 e. The molecule has 0 heterocycles. The Kier molecular flexibility index (Phi) is 6.45. The summed E-state index contributed by atoms with van der Waals surface area (Å²) in [4.78, 5) is 13.8. The lowest BCUT2D eigenvalue weighted by atomic mass is 10.1. The van der Waals surface area contributed by atoms with Crippen LogP contribution in [0.2, 0.25) is 5.02 Å². The third-order valence-electron chi connectivity index (χ3n) is 3.46. The van der Waals surface area contributed by atoms with Gasteiger partial charge >= 0.3 is 6.36 Å². The average Bonchev–Trinajstić information content (AvgIpc) is 2.55. The normalized spacial score (nSPS) is 11.8. The Balaban J connectivity index is 2.23. The highest BCUT2D eigenvalue weighted by molar-refractivity contribution is 7.92. The molecular weight excluding hydrogens is 421 g/mol. The van der Waals surface area contributed by atoms with Crippen molar-refractivity contribution in [1.82, 2.24) is 4.90 Å². The van der Waals surface area contributed by atoms with E-state index in [0.29, 0.717) is 0 Å². The maximum absolute atomic E-state index is 12.6. The van der Waals surface area contributed by atoms with Crippen molar-refractivity contribution in [3.05, 3.63) is 58.6 Å². The molecule has 28 heavy (non-hydrogen) atoms. The summed E-state index contributed by atoms with van der Waals surface area (Å²) in [6.07, 6.45) is -3.93. The molecule has 0 radical (unpaired) electrons. The number of anilines is 1. The van der Waals surface area contributed by atoms with Crippen LogP contribution in [0.3, 0.4) is 0 Å². The van der Waals surface area contributed by atoms with Gasteiger partial charge in [0.1, 0.15) is 5.75 Å². The Bertz CT molecular complexity index is 981. The van der Waals surface area contributed by atoms with Gasteiger partial charge < -0.3 is 9.64 Å². The lowest BCUT2D eigenvalue weighted by molar-refractivity contribution is -0.275.